The average Bonchev–Trinajstić information content (AvgIpc) is 3.43. The van der Waals surface area contributed by atoms with Crippen LogP contribution in [0.2, 0.25) is 0 Å². The Morgan fingerprint density at radius 2 is 2.00 bits per heavy atom. The maximum Gasteiger partial charge on any atom is 0.271 e. The number of carbonyl (C=O) groups excluding carboxylic acids is 1. The quantitative estimate of drug-likeness (QED) is 0.566. The van der Waals surface area contributed by atoms with Gasteiger partial charge < -0.3 is 14.4 Å². The van der Waals surface area contributed by atoms with Gasteiger partial charge in [-0.3, -0.25) is 9.89 Å². The Kier molecular flexibility index (Phi) is 4.55. The predicted molar refractivity (Wildman–Crippen MR) is 115 cm³/mol. The van der Waals surface area contributed by atoms with Crippen molar-refractivity contribution >= 4 is 32.6 Å². The van der Waals surface area contributed by atoms with Crippen molar-refractivity contribution in [2.24, 2.45) is 7.05 Å². The molecule has 0 bridgehead atoms. The lowest BCUT2D eigenvalue weighted by atomic mass is 10.2. The SMILES string of the molecule is Cn1cccc1-c1cc(C(=O)N2CCCN(c3nc4ccccc4s3)CC2)[nH]n1. The van der Waals surface area contributed by atoms with Gasteiger partial charge in [-0.25, -0.2) is 4.98 Å². The molecule has 148 valence electrons. The smallest absolute Gasteiger partial charge is 0.271 e. The van der Waals surface area contributed by atoms with Crippen molar-refractivity contribution in [1.29, 1.82) is 0 Å². The van der Waals surface area contributed by atoms with Crippen LogP contribution in [0.15, 0.2) is 48.7 Å². The van der Waals surface area contributed by atoms with Gasteiger partial charge in [-0.2, -0.15) is 5.10 Å². The highest BCUT2D eigenvalue weighted by atomic mass is 32.1. The molecule has 5 rings (SSSR count). The first-order chi connectivity index (χ1) is 14.2. The number of fused-ring (bicyclic) bond motifs is 1. The number of thiazole rings is 1. The normalized spacial score (nSPS) is 15.1. The summed E-state index contributed by atoms with van der Waals surface area (Å²) in [6, 6.07) is 14.0. The second-order valence-corrected chi connectivity index (χ2v) is 8.28. The zero-order valence-corrected chi connectivity index (χ0v) is 17.0. The van der Waals surface area contributed by atoms with Gasteiger partial charge in [-0.05, 0) is 36.8 Å². The number of hydrogen-bond acceptors (Lipinski definition) is 5. The Labute approximate surface area is 172 Å². The molecule has 1 aliphatic rings. The summed E-state index contributed by atoms with van der Waals surface area (Å²) in [5, 5.41) is 8.29. The lowest BCUT2D eigenvalue weighted by Crippen LogP contribution is -2.35. The Hall–Kier alpha value is -3.13. The number of anilines is 1. The van der Waals surface area contributed by atoms with Crippen molar-refractivity contribution in [3.05, 3.63) is 54.4 Å². The summed E-state index contributed by atoms with van der Waals surface area (Å²) in [5.41, 5.74) is 3.34. The van der Waals surface area contributed by atoms with Crippen molar-refractivity contribution in [1.82, 2.24) is 24.6 Å². The highest BCUT2D eigenvalue weighted by Crippen LogP contribution is 2.29. The molecule has 0 spiro atoms. The fraction of sp³-hybridized carbons (Fsp3) is 0.286. The second kappa shape index (κ2) is 7.36. The molecule has 0 aliphatic carbocycles. The van der Waals surface area contributed by atoms with Gasteiger partial charge in [-0.1, -0.05) is 23.5 Å². The van der Waals surface area contributed by atoms with Crippen molar-refractivity contribution in [2.75, 3.05) is 31.1 Å². The molecule has 1 fully saturated rings. The lowest BCUT2D eigenvalue weighted by Gasteiger charge is -2.21. The number of hydrogen-bond donors (Lipinski definition) is 1. The number of aryl methyl sites for hydroxylation is 1. The molecule has 1 aliphatic heterocycles. The van der Waals surface area contributed by atoms with E-state index >= 15 is 0 Å². The zero-order chi connectivity index (χ0) is 19.8. The minimum Gasteiger partial charge on any atom is -0.349 e. The van der Waals surface area contributed by atoms with Crippen LogP contribution in [0.4, 0.5) is 5.13 Å². The largest absolute Gasteiger partial charge is 0.349 e. The highest BCUT2D eigenvalue weighted by Gasteiger charge is 2.23. The molecule has 1 amide bonds. The first-order valence-corrected chi connectivity index (χ1v) is 10.6. The number of aromatic amines is 1. The average molecular weight is 407 g/mol. The molecule has 0 radical (unpaired) electrons. The Morgan fingerprint density at radius 3 is 2.83 bits per heavy atom. The predicted octanol–water partition coefficient (Wildman–Crippen LogP) is 3.38. The Morgan fingerprint density at radius 1 is 1.10 bits per heavy atom. The summed E-state index contributed by atoms with van der Waals surface area (Å²) in [4.78, 5) is 22.0. The van der Waals surface area contributed by atoms with E-state index in [0.29, 0.717) is 12.2 Å². The molecular weight excluding hydrogens is 384 g/mol. The number of benzene rings is 1. The molecule has 29 heavy (non-hydrogen) atoms. The monoisotopic (exact) mass is 406 g/mol. The highest BCUT2D eigenvalue weighted by molar-refractivity contribution is 7.22. The summed E-state index contributed by atoms with van der Waals surface area (Å²) in [5.74, 6) is 0.00380. The summed E-state index contributed by atoms with van der Waals surface area (Å²) in [6.45, 7) is 3.09. The molecule has 3 aromatic heterocycles. The van der Waals surface area contributed by atoms with Gasteiger partial charge in [0, 0.05) is 39.4 Å². The minimum absolute atomic E-state index is 0.00380. The number of rotatable bonds is 3. The molecule has 1 N–H and O–H groups in total. The number of amides is 1. The number of carbonyl (C=O) groups is 1. The summed E-state index contributed by atoms with van der Waals surface area (Å²) < 4.78 is 3.19. The summed E-state index contributed by atoms with van der Waals surface area (Å²) in [6.07, 6.45) is 2.89. The third-order valence-corrected chi connectivity index (χ3v) is 6.45. The summed E-state index contributed by atoms with van der Waals surface area (Å²) >= 11 is 1.72. The summed E-state index contributed by atoms with van der Waals surface area (Å²) in [7, 11) is 1.97. The van der Waals surface area contributed by atoms with Crippen LogP contribution in [0.1, 0.15) is 16.9 Å². The van der Waals surface area contributed by atoms with Crippen molar-refractivity contribution in [3.63, 3.8) is 0 Å². The van der Waals surface area contributed by atoms with Gasteiger partial charge in [0.25, 0.3) is 5.91 Å². The van der Waals surface area contributed by atoms with E-state index in [2.05, 4.69) is 21.2 Å². The Balaban J connectivity index is 1.30. The first-order valence-electron chi connectivity index (χ1n) is 9.76. The molecule has 1 aromatic carbocycles. The van der Waals surface area contributed by atoms with E-state index in [4.69, 9.17) is 4.98 Å². The van der Waals surface area contributed by atoms with E-state index < -0.39 is 0 Å². The fourth-order valence-corrected chi connectivity index (χ4v) is 4.78. The molecule has 0 atom stereocenters. The van der Waals surface area contributed by atoms with Crippen LogP contribution >= 0.6 is 11.3 Å². The van der Waals surface area contributed by atoms with Crippen LogP contribution in [0.3, 0.4) is 0 Å². The number of H-pyrrole nitrogens is 1. The molecule has 4 heterocycles. The van der Waals surface area contributed by atoms with Gasteiger partial charge >= 0.3 is 0 Å². The second-order valence-electron chi connectivity index (χ2n) is 7.27. The van der Waals surface area contributed by atoms with Crippen molar-refractivity contribution < 1.29 is 4.79 Å². The van der Waals surface area contributed by atoms with Crippen LogP contribution < -0.4 is 4.90 Å². The maximum atomic E-state index is 13.0. The van der Waals surface area contributed by atoms with Crippen LogP contribution in [-0.4, -0.2) is 56.7 Å². The van der Waals surface area contributed by atoms with Crippen LogP contribution in [0, 0.1) is 0 Å². The third kappa shape index (κ3) is 3.40. The van der Waals surface area contributed by atoms with Crippen molar-refractivity contribution in [2.45, 2.75) is 6.42 Å². The van der Waals surface area contributed by atoms with Gasteiger partial charge in [0.2, 0.25) is 0 Å². The molecule has 7 nitrogen and oxygen atoms in total. The van der Waals surface area contributed by atoms with Gasteiger partial charge in [0.1, 0.15) is 11.4 Å². The van der Waals surface area contributed by atoms with Gasteiger partial charge in [-0.15, -0.1) is 0 Å². The fourth-order valence-electron chi connectivity index (χ4n) is 3.77. The van der Waals surface area contributed by atoms with Crippen LogP contribution in [0.5, 0.6) is 0 Å². The number of nitrogens with zero attached hydrogens (tertiary/aromatic N) is 5. The molecular formula is C21H22N6OS. The molecule has 1 saturated heterocycles. The van der Waals surface area contributed by atoms with E-state index in [1.54, 1.807) is 11.3 Å². The zero-order valence-electron chi connectivity index (χ0n) is 16.2. The molecule has 0 unspecified atom stereocenters. The number of para-hydroxylation sites is 1. The first kappa shape index (κ1) is 17.9. The molecule has 0 saturated carbocycles. The maximum absolute atomic E-state index is 13.0. The van der Waals surface area contributed by atoms with Gasteiger partial charge in [0.15, 0.2) is 5.13 Å². The van der Waals surface area contributed by atoms with Crippen LogP contribution in [0.25, 0.3) is 21.6 Å². The van der Waals surface area contributed by atoms with Gasteiger partial charge in [0.05, 0.1) is 15.9 Å². The standard InChI is InChI=1S/C21H22N6OS/c1-25-9-4-7-18(25)16-14-17(24-23-16)20(28)26-10-5-11-27(13-12-26)21-22-15-6-2-3-8-19(15)29-21/h2-4,6-9,14H,5,10-13H2,1H3,(H,23,24). The Bertz CT molecular complexity index is 1130. The van der Waals surface area contributed by atoms with E-state index in [0.717, 1.165) is 48.1 Å². The van der Waals surface area contributed by atoms with Crippen molar-refractivity contribution in [3.8, 4) is 11.4 Å². The third-order valence-electron chi connectivity index (χ3n) is 5.35. The van der Waals surface area contributed by atoms with E-state index in [9.17, 15) is 4.79 Å². The van der Waals surface area contributed by atoms with E-state index in [1.165, 1.54) is 4.70 Å². The molecule has 8 heteroatoms. The topological polar surface area (TPSA) is 70.1 Å². The van der Waals surface area contributed by atoms with Crippen LogP contribution in [-0.2, 0) is 7.05 Å². The van der Waals surface area contributed by atoms with E-state index in [1.807, 2.05) is 59.1 Å². The minimum atomic E-state index is 0.00380. The number of nitrogens with one attached hydrogen (secondary N) is 1. The lowest BCUT2D eigenvalue weighted by molar-refractivity contribution is 0.0761. The number of aromatic nitrogens is 4. The molecule has 4 aromatic rings. The van der Waals surface area contributed by atoms with E-state index in [-0.39, 0.29) is 5.91 Å².